The minimum Gasteiger partial charge on any atom is -0.377 e. The van der Waals surface area contributed by atoms with E-state index in [2.05, 4.69) is 5.32 Å². The predicted octanol–water partition coefficient (Wildman–Crippen LogP) is 2.17. The molecule has 136 valence electrons. The third kappa shape index (κ3) is 4.72. The SMILES string of the molecule is C[C@H]1CN(C(=O)N[C@H](CN2CCCC2=O)c2ccccc2)CCCO1. The molecule has 6 heteroatoms. The fraction of sp³-hybridized carbons (Fsp3) is 0.579. The third-order valence-corrected chi connectivity index (χ3v) is 4.81. The zero-order valence-electron chi connectivity index (χ0n) is 14.8. The van der Waals surface area contributed by atoms with Gasteiger partial charge in [-0.2, -0.15) is 0 Å². The van der Waals surface area contributed by atoms with E-state index in [1.54, 1.807) is 0 Å². The molecular weight excluding hydrogens is 318 g/mol. The number of carbonyl (C=O) groups excluding carboxylic acids is 2. The number of likely N-dealkylation sites (tertiary alicyclic amines) is 1. The Balaban J connectivity index is 1.70. The molecule has 2 heterocycles. The molecule has 6 nitrogen and oxygen atoms in total. The van der Waals surface area contributed by atoms with Crippen LogP contribution in [0.3, 0.4) is 0 Å². The lowest BCUT2D eigenvalue weighted by atomic mass is 10.1. The van der Waals surface area contributed by atoms with E-state index in [9.17, 15) is 9.59 Å². The second-order valence-corrected chi connectivity index (χ2v) is 6.84. The molecule has 2 aliphatic rings. The quantitative estimate of drug-likeness (QED) is 0.910. The Kier molecular flexibility index (Phi) is 5.91. The van der Waals surface area contributed by atoms with Crippen molar-refractivity contribution in [2.75, 3.05) is 32.8 Å². The van der Waals surface area contributed by atoms with E-state index in [1.807, 2.05) is 47.1 Å². The smallest absolute Gasteiger partial charge is 0.318 e. The second kappa shape index (κ2) is 8.34. The molecule has 1 aromatic carbocycles. The summed E-state index contributed by atoms with van der Waals surface area (Å²) in [5.41, 5.74) is 1.02. The van der Waals surface area contributed by atoms with Gasteiger partial charge in [0.05, 0.1) is 12.1 Å². The number of amides is 3. The molecule has 25 heavy (non-hydrogen) atoms. The number of ether oxygens (including phenoxy) is 1. The zero-order valence-corrected chi connectivity index (χ0v) is 14.8. The number of benzene rings is 1. The molecule has 0 bridgehead atoms. The van der Waals surface area contributed by atoms with Gasteiger partial charge in [-0.1, -0.05) is 30.3 Å². The minimum atomic E-state index is -0.199. The second-order valence-electron chi connectivity index (χ2n) is 6.84. The molecule has 2 fully saturated rings. The molecule has 0 unspecified atom stereocenters. The van der Waals surface area contributed by atoms with Gasteiger partial charge in [0.2, 0.25) is 5.91 Å². The highest BCUT2D eigenvalue weighted by molar-refractivity contribution is 5.78. The van der Waals surface area contributed by atoms with Gasteiger partial charge in [0, 0.05) is 39.2 Å². The maximum atomic E-state index is 12.8. The Morgan fingerprint density at radius 2 is 2.08 bits per heavy atom. The topological polar surface area (TPSA) is 61.9 Å². The fourth-order valence-corrected chi connectivity index (χ4v) is 3.46. The van der Waals surface area contributed by atoms with E-state index in [-0.39, 0.29) is 24.1 Å². The summed E-state index contributed by atoms with van der Waals surface area (Å²) in [5, 5.41) is 3.14. The van der Waals surface area contributed by atoms with E-state index >= 15 is 0 Å². The van der Waals surface area contributed by atoms with E-state index in [1.165, 1.54) is 0 Å². The molecule has 3 rings (SSSR count). The average Bonchev–Trinajstić information content (AvgIpc) is 2.89. The van der Waals surface area contributed by atoms with Gasteiger partial charge in [0.1, 0.15) is 0 Å². The highest BCUT2D eigenvalue weighted by Crippen LogP contribution is 2.19. The van der Waals surface area contributed by atoms with Crippen molar-refractivity contribution in [3.05, 3.63) is 35.9 Å². The van der Waals surface area contributed by atoms with Gasteiger partial charge in [-0.3, -0.25) is 4.79 Å². The highest BCUT2D eigenvalue weighted by atomic mass is 16.5. The summed E-state index contributed by atoms with van der Waals surface area (Å²) < 4.78 is 5.62. The van der Waals surface area contributed by atoms with Gasteiger partial charge < -0.3 is 19.9 Å². The maximum Gasteiger partial charge on any atom is 0.318 e. The van der Waals surface area contributed by atoms with Crippen molar-refractivity contribution in [1.29, 1.82) is 0 Å². The first-order valence-electron chi connectivity index (χ1n) is 9.13. The van der Waals surface area contributed by atoms with Gasteiger partial charge in [-0.25, -0.2) is 4.79 Å². The molecule has 2 saturated heterocycles. The Bertz CT molecular complexity index is 593. The minimum absolute atomic E-state index is 0.0450. The molecular formula is C19H27N3O3. The van der Waals surface area contributed by atoms with E-state index < -0.39 is 0 Å². The number of rotatable bonds is 4. The molecule has 1 N–H and O–H groups in total. The van der Waals surface area contributed by atoms with E-state index in [4.69, 9.17) is 4.74 Å². The van der Waals surface area contributed by atoms with Crippen molar-refractivity contribution in [1.82, 2.24) is 15.1 Å². The highest BCUT2D eigenvalue weighted by Gasteiger charge is 2.27. The van der Waals surface area contributed by atoms with Gasteiger partial charge >= 0.3 is 6.03 Å². The number of nitrogens with one attached hydrogen (secondary N) is 1. The largest absolute Gasteiger partial charge is 0.377 e. The Labute approximate surface area is 149 Å². The maximum absolute atomic E-state index is 12.8. The summed E-state index contributed by atoms with van der Waals surface area (Å²) in [6.45, 7) is 5.26. The number of urea groups is 1. The van der Waals surface area contributed by atoms with Crippen LogP contribution in [0, 0.1) is 0 Å². The van der Waals surface area contributed by atoms with Gasteiger partial charge in [-0.15, -0.1) is 0 Å². The summed E-state index contributed by atoms with van der Waals surface area (Å²) in [4.78, 5) is 28.5. The zero-order chi connectivity index (χ0) is 17.6. The van der Waals surface area contributed by atoms with Crippen LogP contribution < -0.4 is 5.32 Å². The van der Waals surface area contributed by atoms with Crippen LogP contribution in [0.15, 0.2) is 30.3 Å². The standard InChI is InChI=1S/C19H27N3O3/c1-15-13-22(11-6-12-25-15)19(24)20-17(16-7-3-2-4-8-16)14-21-10-5-9-18(21)23/h2-4,7-8,15,17H,5-6,9-14H2,1H3,(H,20,24)/t15-,17+/m0/s1. The first-order valence-corrected chi connectivity index (χ1v) is 9.13. The molecule has 0 spiro atoms. The Hall–Kier alpha value is -2.08. The van der Waals surface area contributed by atoms with E-state index in [0.717, 1.165) is 24.9 Å². The molecule has 1 aromatic rings. The number of carbonyl (C=O) groups is 2. The lowest BCUT2D eigenvalue weighted by molar-refractivity contribution is -0.128. The van der Waals surface area contributed by atoms with Crippen molar-refractivity contribution >= 4 is 11.9 Å². The molecule has 2 aliphatic heterocycles. The Morgan fingerprint density at radius 3 is 2.80 bits per heavy atom. The van der Waals surface area contributed by atoms with Crippen molar-refractivity contribution in [3.8, 4) is 0 Å². The molecule has 0 radical (unpaired) electrons. The van der Waals surface area contributed by atoms with E-state index in [0.29, 0.717) is 32.7 Å². The molecule has 0 aromatic heterocycles. The lowest BCUT2D eigenvalue weighted by Crippen LogP contribution is -2.46. The molecule has 2 atom stereocenters. The van der Waals surface area contributed by atoms with Gasteiger partial charge in [0.15, 0.2) is 0 Å². The number of hydrogen-bond donors (Lipinski definition) is 1. The van der Waals surface area contributed by atoms with Crippen molar-refractivity contribution in [3.63, 3.8) is 0 Å². The van der Waals surface area contributed by atoms with Crippen LogP contribution in [-0.2, 0) is 9.53 Å². The first-order chi connectivity index (χ1) is 12.1. The van der Waals surface area contributed by atoms with Crippen LogP contribution in [0.2, 0.25) is 0 Å². The van der Waals surface area contributed by atoms with Crippen LogP contribution in [0.25, 0.3) is 0 Å². The molecule has 0 aliphatic carbocycles. The van der Waals surface area contributed by atoms with Gasteiger partial charge in [-0.05, 0) is 25.3 Å². The fourth-order valence-electron chi connectivity index (χ4n) is 3.46. The van der Waals surface area contributed by atoms with Crippen molar-refractivity contribution < 1.29 is 14.3 Å². The number of hydrogen-bond acceptors (Lipinski definition) is 3. The average molecular weight is 345 g/mol. The van der Waals surface area contributed by atoms with Crippen LogP contribution in [-0.4, -0.2) is 60.6 Å². The first kappa shape index (κ1) is 17.7. The number of nitrogens with zero attached hydrogens (tertiary/aromatic N) is 2. The summed E-state index contributed by atoms with van der Waals surface area (Å²) in [6.07, 6.45) is 2.40. The normalized spacial score (nSPS) is 22.6. The summed E-state index contributed by atoms with van der Waals surface area (Å²) in [7, 11) is 0. The van der Waals surface area contributed by atoms with Crippen LogP contribution in [0.4, 0.5) is 4.79 Å². The molecule has 3 amide bonds. The van der Waals surface area contributed by atoms with Crippen molar-refractivity contribution in [2.24, 2.45) is 0 Å². The van der Waals surface area contributed by atoms with Gasteiger partial charge in [0.25, 0.3) is 0 Å². The summed E-state index contributed by atoms with van der Waals surface area (Å²) in [5.74, 6) is 0.173. The monoisotopic (exact) mass is 345 g/mol. The van der Waals surface area contributed by atoms with Crippen LogP contribution in [0.5, 0.6) is 0 Å². The van der Waals surface area contributed by atoms with Crippen LogP contribution >= 0.6 is 0 Å². The van der Waals surface area contributed by atoms with Crippen LogP contribution in [0.1, 0.15) is 37.8 Å². The molecule has 0 saturated carbocycles. The van der Waals surface area contributed by atoms with Crippen molar-refractivity contribution in [2.45, 2.75) is 38.3 Å². The predicted molar refractivity (Wildman–Crippen MR) is 95.1 cm³/mol. The Morgan fingerprint density at radius 1 is 1.28 bits per heavy atom. The summed E-state index contributed by atoms with van der Waals surface area (Å²) >= 11 is 0. The summed E-state index contributed by atoms with van der Waals surface area (Å²) in [6, 6.07) is 9.59. The third-order valence-electron chi connectivity index (χ3n) is 4.81. The lowest BCUT2D eigenvalue weighted by Gasteiger charge is -2.29.